The fraction of sp³-hybridized carbons (Fsp3) is 0.214. The van der Waals surface area contributed by atoms with E-state index in [2.05, 4.69) is 97.3 Å². The number of nitrogens with two attached hydrogens (primary N) is 2. The highest BCUT2D eigenvalue weighted by atomic mass is 15.5. The summed E-state index contributed by atoms with van der Waals surface area (Å²) >= 11 is 0. The standard InChI is InChI=1S/C28H32N6/c1-3-23-25(19-12-7-5-8-13-19)31-27(33(23)29)21-16-11-17-22(18-21)28-32-26(24(4-2)34(28)30)20-14-9-6-10-15-20/h5-18,27-28,31-32H,3-4,29-30H2,1-2H3. The van der Waals surface area contributed by atoms with Gasteiger partial charge in [-0.15, -0.1) is 0 Å². The van der Waals surface area contributed by atoms with Crippen molar-refractivity contribution < 1.29 is 0 Å². The topological polar surface area (TPSA) is 82.6 Å². The number of hydrazine groups is 2. The summed E-state index contributed by atoms with van der Waals surface area (Å²) in [6, 6.07) is 29.2. The highest BCUT2D eigenvalue weighted by Gasteiger charge is 2.33. The van der Waals surface area contributed by atoms with Crippen molar-refractivity contribution >= 4 is 11.4 Å². The Hall–Kier alpha value is -3.74. The van der Waals surface area contributed by atoms with Crippen LogP contribution >= 0.6 is 0 Å². The first-order valence-corrected chi connectivity index (χ1v) is 11.9. The van der Waals surface area contributed by atoms with E-state index in [0.717, 1.165) is 57.9 Å². The maximum Gasteiger partial charge on any atom is 0.140 e. The molecule has 2 aliphatic heterocycles. The zero-order valence-corrected chi connectivity index (χ0v) is 19.7. The SMILES string of the molecule is CCC1=C(c2ccccc2)NC(c2cccc(C3NC(c4ccccc4)=C(CC)N3N)c2)N1N. The van der Waals surface area contributed by atoms with Crippen LogP contribution < -0.4 is 22.3 Å². The van der Waals surface area contributed by atoms with Gasteiger partial charge in [-0.2, -0.15) is 0 Å². The molecular formula is C28H32N6. The lowest BCUT2D eigenvalue weighted by molar-refractivity contribution is 0.259. The molecule has 0 aromatic heterocycles. The number of benzene rings is 3. The van der Waals surface area contributed by atoms with Crippen LogP contribution in [0.15, 0.2) is 96.3 Å². The van der Waals surface area contributed by atoms with Crippen molar-refractivity contribution in [3.63, 3.8) is 0 Å². The van der Waals surface area contributed by atoms with Crippen molar-refractivity contribution in [3.8, 4) is 0 Å². The number of nitrogens with zero attached hydrogens (tertiary/aromatic N) is 2. The van der Waals surface area contributed by atoms with Crippen LogP contribution in [0.5, 0.6) is 0 Å². The Kier molecular flexibility index (Phi) is 6.01. The van der Waals surface area contributed by atoms with Gasteiger partial charge in [0.2, 0.25) is 0 Å². The molecule has 2 unspecified atom stereocenters. The largest absolute Gasteiger partial charge is 0.358 e. The van der Waals surface area contributed by atoms with Crippen LogP contribution in [-0.2, 0) is 0 Å². The maximum absolute atomic E-state index is 6.62. The van der Waals surface area contributed by atoms with E-state index in [1.165, 1.54) is 0 Å². The highest BCUT2D eigenvalue weighted by Crippen LogP contribution is 2.37. The number of nitrogens with one attached hydrogen (secondary N) is 2. The fourth-order valence-electron chi connectivity index (χ4n) is 4.96. The third-order valence-electron chi connectivity index (χ3n) is 6.66. The van der Waals surface area contributed by atoms with E-state index in [9.17, 15) is 0 Å². The molecular weight excluding hydrogens is 420 g/mol. The van der Waals surface area contributed by atoms with Crippen molar-refractivity contribution in [2.75, 3.05) is 0 Å². The Balaban J connectivity index is 1.43. The number of allylic oxidation sites excluding steroid dienone is 2. The molecule has 0 fully saturated rings. The van der Waals surface area contributed by atoms with E-state index >= 15 is 0 Å². The Morgan fingerprint density at radius 1 is 0.618 bits per heavy atom. The number of rotatable bonds is 6. The predicted molar refractivity (Wildman–Crippen MR) is 138 cm³/mol. The summed E-state index contributed by atoms with van der Waals surface area (Å²) in [5, 5.41) is 11.0. The van der Waals surface area contributed by atoms with Crippen molar-refractivity contribution in [2.24, 2.45) is 11.7 Å². The summed E-state index contributed by atoms with van der Waals surface area (Å²) in [6.07, 6.45) is 1.39. The molecule has 6 heteroatoms. The minimum absolute atomic E-state index is 0.148. The molecule has 34 heavy (non-hydrogen) atoms. The molecule has 5 rings (SSSR count). The smallest absolute Gasteiger partial charge is 0.140 e. The summed E-state index contributed by atoms with van der Waals surface area (Å²) in [7, 11) is 0. The normalized spacial score (nSPS) is 20.1. The minimum atomic E-state index is -0.148. The zero-order chi connectivity index (χ0) is 23.7. The van der Waals surface area contributed by atoms with Gasteiger partial charge in [0, 0.05) is 0 Å². The van der Waals surface area contributed by atoms with Crippen LogP contribution in [-0.4, -0.2) is 10.0 Å². The number of hydrogen-bond donors (Lipinski definition) is 4. The second kappa shape index (κ2) is 9.25. The van der Waals surface area contributed by atoms with Gasteiger partial charge in [0.1, 0.15) is 12.3 Å². The molecule has 6 N–H and O–H groups in total. The van der Waals surface area contributed by atoms with E-state index in [0.29, 0.717) is 0 Å². The molecule has 2 aliphatic rings. The molecule has 174 valence electrons. The summed E-state index contributed by atoms with van der Waals surface area (Å²) in [4.78, 5) is 0. The van der Waals surface area contributed by atoms with Crippen LogP contribution in [0.25, 0.3) is 11.4 Å². The average molecular weight is 453 g/mol. The van der Waals surface area contributed by atoms with Crippen LogP contribution in [0.3, 0.4) is 0 Å². The second-order valence-electron chi connectivity index (χ2n) is 8.66. The van der Waals surface area contributed by atoms with E-state index in [1.54, 1.807) is 0 Å². The minimum Gasteiger partial charge on any atom is -0.358 e. The maximum atomic E-state index is 6.62. The molecule has 0 radical (unpaired) electrons. The summed E-state index contributed by atoms with van der Waals surface area (Å²) in [5.74, 6) is 13.2. The molecule has 0 saturated carbocycles. The summed E-state index contributed by atoms with van der Waals surface area (Å²) < 4.78 is 0. The Morgan fingerprint density at radius 3 is 1.41 bits per heavy atom. The summed E-state index contributed by atoms with van der Waals surface area (Å²) in [5.41, 5.74) is 8.84. The average Bonchev–Trinajstić information content (AvgIpc) is 3.41. The molecule has 2 heterocycles. The van der Waals surface area contributed by atoms with E-state index in [1.807, 2.05) is 22.2 Å². The molecule has 6 nitrogen and oxygen atoms in total. The van der Waals surface area contributed by atoms with Gasteiger partial charge >= 0.3 is 0 Å². The Labute approximate surface area is 201 Å². The first-order chi connectivity index (χ1) is 16.6. The van der Waals surface area contributed by atoms with Gasteiger partial charge in [0.25, 0.3) is 0 Å². The van der Waals surface area contributed by atoms with Gasteiger partial charge in [-0.25, -0.2) is 11.7 Å². The molecule has 0 bridgehead atoms. The molecule has 0 amide bonds. The van der Waals surface area contributed by atoms with Gasteiger partial charge < -0.3 is 10.6 Å². The van der Waals surface area contributed by atoms with Crippen molar-refractivity contribution in [1.82, 2.24) is 20.7 Å². The first-order valence-electron chi connectivity index (χ1n) is 11.9. The highest BCUT2D eigenvalue weighted by molar-refractivity contribution is 5.70. The Bertz CT molecular complexity index is 1130. The van der Waals surface area contributed by atoms with E-state index < -0.39 is 0 Å². The second-order valence-corrected chi connectivity index (χ2v) is 8.66. The van der Waals surface area contributed by atoms with Gasteiger partial charge in [-0.3, -0.25) is 10.0 Å². The predicted octanol–water partition coefficient (Wildman–Crippen LogP) is 4.80. The number of hydrogen-bond acceptors (Lipinski definition) is 6. The molecule has 3 aromatic rings. The van der Waals surface area contributed by atoms with Crippen molar-refractivity contribution in [2.45, 2.75) is 39.0 Å². The molecule has 3 aromatic carbocycles. The van der Waals surface area contributed by atoms with Gasteiger partial charge in [-0.05, 0) is 41.2 Å². The van der Waals surface area contributed by atoms with Crippen LogP contribution in [0.4, 0.5) is 0 Å². The molecule has 0 spiro atoms. The fourth-order valence-corrected chi connectivity index (χ4v) is 4.96. The third-order valence-corrected chi connectivity index (χ3v) is 6.66. The third kappa shape index (κ3) is 3.81. The lowest BCUT2D eigenvalue weighted by atomic mass is 10.1. The molecule has 2 atom stereocenters. The summed E-state index contributed by atoms with van der Waals surface area (Å²) in [6.45, 7) is 4.27. The van der Waals surface area contributed by atoms with Crippen molar-refractivity contribution in [3.05, 3.63) is 119 Å². The molecule has 0 aliphatic carbocycles. The lowest BCUT2D eigenvalue weighted by Crippen LogP contribution is -2.36. The van der Waals surface area contributed by atoms with Crippen molar-refractivity contribution in [1.29, 1.82) is 0 Å². The quantitative estimate of drug-likeness (QED) is 0.402. The van der Waals surface area contributed by atoms with Gasteiger partial charge in [0.05, 0.1) is 22.8 Å². The molecule has 0 saturated heterocycles. The Morgan fingerprint density at radius 2 is 1.03 bits per heavy atom. The van der Waals surface area contributed by atoms with Crippen LogP contribution in [0.2, 0.25) is 0 Å². The van der Waals surface area contributed by atoms with Crippen LogP contribution in [0.1, 0.15) is 61.3 Å². The monoisotopic (exact) mass is 452 g/mol. The van der Waals surface area contributed by atoms with Gasteiger partial charge in [-0.1, -0.05) is 92.7 Å². The first kappa shape index (κ1) is 22.1. The van der Waals surface area contributed by atoms with E-state index in [-0.39, 0.29) is 12.3 Å². The lowest BCUT2D eigenvalue weighted by Gasteiger charge is -2.27. The van der Waals surface area contributed by atoms with E-state index in [4.69, 9.17) is 11.7 Å². The zero-order valence-electron chi connectivity index (χ0n) is 19.7. The van der Waals surface area contributed by atoms with Crippen LogP contribution in [0, 0.1) is 0 Å². The van der Waals surface area contributed by atoms with Gasteiger partial charge in [0.15, 0.2) is 0 Å².